The first-order valence-electron chi connectivity index (χ1n) is 10.9. The molecule has 0 aromatic carbocycles. The van der Waals surface area contributed by atoms with Gasteiger partial charge in [-0.15, -0.1) is 0 Å². The molecule has 2 fully saturated rings. The Labute approximate surface area is 172 Å². The van der Waals surface area contributed by atoms with E-state index in [1.807, 2.05) is 0 Å². The summed E-state index contributed by atoms with van der Waals surface area (Å²) in [5, 5.41) is 10.1. The van der Waals surface area contributed by atoms with Crippen LogP contribution in [0.1, 0.15) is 59.3 Å². The molecule has 1 N–H and O–H groups in total. The van der Waals surface area contributed by atoms with Crippen molar-refractivity contribution in [2.24, 2.45) is 34.5 Å². The van der Waals surface area contributed by atoms with E-state index in [1.54, 1.807) is 6.08 Å². The first kappa shape index (κ1) is 20.5. The van der Waals surface area contributed by atoms with Gasteiger partial charge >= 0.3 is 5.97 Å². The van der Waals surface area contributed by atoms with Crippen molar-refractivity contribution in [3.8, 4) is 0 Å². The molecule has 0 heterocycles. The predicted molar refractivity (Wildman–Crippen MR) is 108 cm³/mol. The molecule has 5 nitrogen and oxygen atoms in total. The molecule has 4 aliphatic rings. The van der Waals surface area contributed by atoms with E-state index in [0.717, 1.165) is 37.7 Å². The predicted octanol–water partition coefficient (Wildman–Crippen LogP) is 3.41. The van der Waals surface area contributed by atoms with Crippen molar-refractivity contribution in [3.63, 3.8) is 0 Å². The molecule has 0 amide bonds. The van der Waals surface area contributed by atoms with E-state index < -0.39 is 5.97 Å². The van der Waals surface area contributed by atoms with Gasteiger partial charge in [0.15, 0.2) is 11.6 Å². The lowest BCUT2D eigenvalue weighted by molar-refractivity contribution is -0.148. The van der Waals surface area contributed by atoms with Crippen molar-refractivity contribution in [2.45, 2.75) is 59.3 Å². The van der Waals surface area contributed by atoms with Gasteiger partial charge in [0.1, 0.15) is 6.61 Å². The van der Waals surface area contributed by atoms with Crippen molar-refractivity contribution in [2.75, 3.05) is 13.2 Å². The average Bonchev–Trinajstić information content (AvgIpc) is 3.03. The molecule has 0 unspecified atom stereocenters. The molecule has 6 atom stereocenters. The Kier molecular flexibility index (Phi) is 5.09. The van der Waals surface area contributed by atoms with Gasteiger partial charge in [-0.2, -0.15) is 0 Å². The molecule has 0 aromatic rings. The van der Waals surface area contributed by atoms with Gasteiger partial charge in [0.25, 0.3) is 0 Å². The van der Waals surface area contributed by atoms with E-state index >= 15 is 0 Å². The molecule has 0 aliphatic heterocycles. The van der Waals surface area contributed by atoms with Gasteiger partial charge in [0.2, 0.25) is 0 Å². The van der Waals surface area contributed by atoms with E-state index in [-0.39, 0.29) is 47.4 Å². The SMILES string of the molecule is CC(=O)OCC(=O)[C@H]1CC[C@H]2[C@@H]3C[C@H](CO)C4=CC(=O)CC[C@]4(C)C3=CC[C@]12C. The molecule has 5 heteroatoms. The van der Waals surface area contributed by atoms with Gasteiger partial charge in [-0.25, -0.2) is 0 Å². The molecule has 29 heavy (non-hydrogen) atoms. The maximum Gasteiger partial charge on any atom is 0.303 e. The zero-order valence-electron chi connectivity index (χ0n) is 17.7. The summed E-state index contributed by atoms with van der Waals surface area (Å²) in [6.45, 7) is 5.74. The molecule has 0 saturated heterocycles. The Morgan fingerprint density at radius 1 is 1.24 bits per heavy atom. The Bertz CT molecular complexity index is 808. The quantitative estimate of drug-likeness (QED) is 0.578. The third kappa shape index (κ3) is 3.13. The lowest BCUT2D eigenvalue weighted by atomic mass is 9.49. The highest BCUT2D eigenvalue weighted by molar-refractivity contribution is 5.92. The number of esters is 1. The summed E-state index contributed by atoms with van der Waals surface area (Å²) >= 11 is 0. The highest BCUT2D eigenvalue weighted by atomic mass is 16.5. The van der Waals surface area contributed by atoms with Gasteiger partial charge in [-0.1, -0.05) is 31.1 Å². The second kappa shape index (κ2) is 7.19. The number of rotatable bonds is 4. The van der Waals surface area contributed by atoms with Crippen molar-refractivity contribution in [1.82, 2.24) is 0 Å². The fraction of sp³-hybridized carbons (Fsp3) is 0.708. The zero-order valence-corrected chi connectivity index (χ0v) is 17.7. The highest BCUT2D eigenvalue weighted by Gasteiger charge is 2.58. The fourth-order valence-electron chi connectivity index (χ4n) is 7.05. The number of ketones is 2. The minimum absolute atomic E-state index is 0.0181. The van der Waals surface area contributed by atoms with Crippen molar-refractivity contribution < 1.29 is 24.2 Å². The average molecular weight is 401 g/mol. The summed E-state index contributed by atoms with van der Waals surface area (Å²) < 4.78 is 5.00. The molecular formula is C24H32O5. The van der Waals surface area contributed by atoms with E-state index in [1.165, 1.54) is 12.5 Å². The van der Waals surface area contributed by atoms with E-state index in [9.17, 15) is 19.5 Å². The molecule has 4 rings (SSSR count). The fourth-order valence-corrected chi connectivity index (χ4v) is 7.05. The largest absolute Gasteiger partial charge is 0.458 e. The van der Waals surface area contributed by atoms with Crippen LogP contribution in [0.5, 0.6) is 0 Å². The number of allylic oxidation sites excluding steroid dienone is 3. The van der Waals surface area contributed by atoms with Crippen LogP contribution in [0, 0.1) is 34.5 Å². The number of aliphatic hydroxyl groups excluding tert-OH is 1. The third-order valence-corrected chi connectivity index (χ3v) is 8.52. The van der Waals surface area contributed by atoms with Crippen molar-refractivity contribution >= 4 is 17.5 Å². The van der Waals surface area contributed by atoms with Crippen LogP contribution in [0.3, 0.4) is 0 Å². The summed E-state index contributed by atoms with van der Waals surface area (Å²) in [7, 11) is 0. The van der Waals surface area contributed by atoms with Crippen molar-refractivity contribution in [1.29, 1.82) is 0 Å². The summed E-state index contributed by atoms with van der Waals surface area (Å²) in [6.07, 6.45) is 9.04. The number of Topliss-reactive ketones (excluding diaryl/α,β-unsaturated/α-hetero) is 1. The summed E-state index contributed by atoms with van der Waals surface area (Å²) in [6, 6.07) is 0. The topological polar surface area (TPSA) is 80.7 Å². The number of carbonyl (C=O) groups excluding carboxylic acids is 3. The van der Waals surface area contributed by atoms with Crippen LogP contribution in [0.25, 0.3) is 0 Å². The Balaban J connectivity index is 1.66. The molecule has 158 valence electrons. The zero-order chi connectivity index (χ0) is 21.0. The summed E-state index contributed by atoms with van der Waals surface area (Å²) in [4.78, 5) is 36.1. The molecule has 4 aliphatic carbocycles. The Morgan fingerprint density at radius 3 is 2.69 bits per heavy atom. The number of ether oxygens (including phenoxy) is 1. The molecular weight excluding hydrogens is 368 g/mol. The number of carbonyl (C=O) groups is 3. The van der Waals surface area contributed by atoms with E-state index in [0.29, 0.717) is 18.3 Å². The van der Waals surface area contributed by atoms with Gasteiger partial charge in [0, 0.05) is 37.2 Å². The van der Waals surface area contributed by atoms with Gasteiger partial charge in [0.05, 0.1) is 0 Å². The van der Waals surface area contributed by atoms with E-state index in [4.69, 9.17) is 4.74 Å². The maximum atomic E-state index is 12.8. The standard InChI is InChI=1S/C24H32O5/c1-14(26)29-13-22(28)20-5-4-18-17-10-15(12-25)21-11-16(27)6-8-24(21,3)19(17)7-9-23(18,20)2/h7,11,15,17-18,20,25H,4-6,8-10,12-13H2,1-3H3/t15-,17+,18+,20-,23+,24-/m1/s1. The van der Waals surface area contributed by atoms with Crippen LogP contribution in [0.15, 0.2) is 23.3 Å². The van der Waals surface area contributed by atoms with Crippen LogP contribution in [-0.2, 0) is 19.1 Å². The van der Waals surface area contributed by atoms with Crippen molar-refractivity contribution in [3.05, 3.63) is 23.3 Å². The lowest BCUT2D eigenvalue weighted by Crippen LogP contribution is -2.48. The van der Waals surface area contributed by atoms with Crippen LogP contribution in [0.2, 0.25) is 0 Å². The second-order valence-corrected chi connectivity index (χ2v) is 9.97. The number of aliphatic hydroxyl groups is 1. The molecule has 0 radical (unpaired) electrons. The summed E-state index contributed by atoms with van der Waals surface area (Å²) in [5.74, 6) is 0.450. The monoisotopic (exact) mass is 400 g/mol. The smallest absolute Gasteiger partial charge is 0.303 e. The minimum atomic E-state index is -0.416. The van der Waals surface area contributed by atoms with Gasteiger partial charge in [-0.3, -0.25) is 14.4 Å². The number of hydrogen-bond donors (Lipinski definition) is 1. The van der Waals surface area contributed by atoms with Gasteiger partial charge in [-0.05, 0) is 55.4 Å². The first-order valence-corrected chi connectivity index (χ1v) is 10.9. The Morgan fingerprint density at radius 2 is 2.00 bits per heavy atom. The lowest BCUT2D eigenvalue weighted by Gasteiger charge is -2.55. The molecule has 0 bridgehead atoms. The normalized spacial score (nSPS) is 40.9. The summed E-state index contributed by atoms with van der Waals surface area (Å²) in [5.41, 5.74) is 2.26. The van der Waals surface area contributed by atoms with E-state index in [2.05, 4.69) is 19.9 Å². The first-order chi connectivity index (χ1) is 13.7. The molecule has 0 aromatic heterocycles. The van der Waals surface area contributed by atoms with Gasteiger partial charge < -0.3 is 9.84 Å². The molecule has 0 spiro atoms. The maximum absolute atomic E-state index is 12.8. The van der Waals surface area contributed by atoms with Crippen LogP contribution >= 0.6 is 0 Å². The van der Waals surface area contributed by atoms with Crippen LogP contribution < -0.4 is 0 Å². The van der Waals surface area contributed by atoms with Crippen LogP contribution in [0.4, 0.5) is 0 Å². The Hall–Kier alpha value is -1.75. The third-order valence-electron chi connectivity index (χ3n) is 8.52. The molecule has 2 saturated carbocycles. The number of hydrogen-bond acceptors (Lipinski definition) is 5. The highest BCUT2D eigenvalue weighted by Crippen LogP contribution is 2.65. The number of fused-ring (bicyclic) bond motifs is 5. The second-order valence-electron chi connectivity index (χ2n) is 9.97. The van der Waals surface area contributed by atoms with Crippen LogP contribution in [-0.4, -0.2) is 35.9 Å². The minimum Gasteiger partial charge on any atom is -0.458 e.